The summed E-state index contributed by atoms with van der Waals surface area (Å²) in [5.41, 5.74) is 1.08. The van der Waals surface area contributed by atoms with Crippen LogP contribution in [0.25, 0.3) is 10.6 Å². The van der Waals surface area contributed by atoms with Crippen molar-refractivity contribution in [3.63, 3.8) is 0 Å². The monoisotopic (exact) mass is 290 g/mol. The molecule has 20 heavy (non-hydrogen) atoms. The Bertz CT molecular complexity index is 539. The number of hydrogen-bond acceptors (Lipinski definition) is 4. The molecule has 0 saturated carbocycles. The number of thiazole rings is 1. The Hall–Kier alpha value is -1.39. The topological polar surface area (TPSA) is 34.1 Å². The van der Waals surface area contributed by atoms with Gasteiger partial charge in [0.05, 0.1) is 12.2 Å². The first-order chi connectivity index (χ1) is 9.74. The van der Waals surface area contributed by atoms with Crippen LogP contribution >= 0.6 is 11.3 Å². The van der Waals surface area contributed by atoms with Gasteiger partial charge in [-0.3, -0.25) is 0 Å². The summed E-state index contributed by atoms with van der Waals surface area (Å²) < 4.78 is 5.67. The van der Waals surface area contributed by atoms with E-state index in [9.17, 15) is 0 Å². The van der Waals surface area contributed by atoms with Gasteiger partial charge in [-0.2, -0.15) is 0 Å². The Morgan fingerprint density at radius 1 is 1.30 bits per heavy atom. The summed E-state index contributed by atoms with van der Waals surface area (Å²) in [6.45, 7) is 7.94. The maximum absolute atomic E-state index is 5.67. The summed E-state index contributed by atoms with van der Waals surface area (Å²) in [4.78, 5) is 5.79. The van der Waals surface area contributed by atoms with Crippen LogP contribution in [-0.2, 0) is 6.54 Å². The van der Waals surface area contributed by atoms with E-state index in [0.29, 0.717) is 12.6 Å². The summed E-state index contributed by atoms with van der Waals surface area (Å²) in [6, 6.07) is 8.62. The van der Waals surface area contributed by atoms with Crippen molar-refractivity contribution in [2.24, 2.45) is 0 Å². The average Bonchev–Trinajstić information content (AvgIpc) is 2.94. The molecule has 0 amide bonds. The predicted octanol–water partition coefficient (Wildman–Crippen LogP) is 4.10. The van der Waals surface area contributed by atoms with Crippen LogP contribution in [0.2, 0.25) is 0 Å². The van der Waals surface area contributed by atoms with E-state index in [2.05, 4.69) is 30.2 Å². The standard InChI is InChI=1S/C16H22N2OS/c1-4-12(3)17-10-13-11-18-16(20-13)14-8-6-7-9-15(14)19-5-2/h6-9,11-12,17H,4-5,10H2,1-3H3. The molecule has 2 rings (SSSR count). The molecule has 2 aromatic rings. The summed E-state index contributed by atoms with van der Waals surface area (Å²) in [6.07, 6.45) is 3.09. The van der Waals surface area contributed by atoms with Crippen molar-refractivity contribution < 1.29 is 4.74 Å². The minimum absolute atomic E-state index is 0.538. The van der Waals surface area contributed by atoms with E-state index in [1.807, 2.05) is 31.3 Å². The Morgan fingerprint density at radius 2 is 2.10 bits per heavy atom. The molecule has 1 aromatic heterocycles. The minimum atomic E-state index is 0.538. The lowest BCUT2D eigenvalue weighted by Gasteiger charge is -2.09. The van der Waals surface area contributed by atoms with Crippen LogP contribution in [0.15, 0.2) is 30.5 Å². The molecule has 1 aromatic carbocycles. The number of benzene rings is 1. The first-order valence-corrected chi connectivity index (χ1v) is 7.96. The lowest BCUT2D eigenvalue weighted by Crippen LogP contribution is -2.23. The molecular formula is C16H22N2OS. The van der Waals surface area contributed by atoms with Gasteiger partial charge in [-0.25, -0.2) is 4.98 Å². The van der Waals surface area contributed by atoms with Gasteiger partial charge in [-0.05, 0) is 32.4 Å². The first-order valence-electron chi connectivity index (χ1n) is 7.14. The van der Waals surface area contributed by atoms with Crippen molar-refractivity contribution in [2.45, 2.75) is 39.8 Å². The number of nitrogens with zero attached hydrogens (tertiary/aromatic N) is 1. The normalized spacial score (nSPS) is 12.3. The van der Waals surface area contributed by atoms with E-state index < -0.39 is 0 Å². The number of rotatable bonds is 7. The third-order valence-corrected chi connectivity index (χ3v) is 4.24. The van der Waals surface area contributed by atoms with Gasteiger partial charge < -0.3 is 10.1 Å². The van der Waals surface area contributed by atoms with Crippen molar-refractivity contribution in [3.05, 3.63) is 35.3 Å². The number of hydrogen-bond donors (Lipinski definition) is 1. The number of nitrogens with one attached hydrogen (secondary N) is 1. The fourth-order valence-corrected chi connectivity index (χ4v) is 2.75. The number of ether oxygens (including phenoxy) is 1. The van der Waals surface area contributed by atoms with E-state index in [4.69, 9.17) is 4.74 Å². The van der Waals surface area contributed by atoms with E-state index in [1.165, 1.54) is 4.88 Å². The molecule has 3 nitrogen and oxygen atoms in total. The molecule has 0 aliphatic carbocycles. The summed E-state index contributed by atoms with van der Waals surface area (Å²) >= 11 is 1.72. The smallest absolute Gasteiger partial charge is 0.129 e. The summed E-state index contributed by atoms with van der Waals surface area (Å²) in [5, 5.41) is 4.52. The molecule has 0 saturated heterocycles. The zero-order chi connectivity index (χ0) is 14.4. The van der Waals surface area contributed by atoms with Crippen molar-refractivity contribution in [2.75, 3.05) is 6.61 Å². The van der Waals surface area contributed by atoms with Crippen LogP contribution in [0.1, 0.15) is 32.1 Å². The Balaban J connectivity index is 2.12. The first kappa shape index (κ1) is 15.0. The van der Waals surface area contributed by atoms with Crippen molar-refractivity contribution in [3.8, 4) is 16.3 Å². The molecule has 0 radical (unpaired) electrons. The quantitative estimate of drug-likeness (QED) is 0.833. The molecule has 1 unspecified atom stereocenters. The molecule has 1 N–H and O–H groups in total. The largest absolute Gasteiger partial charge is 0.493 e. The summed E-state index contributed by atoms with van der Waals surface area (Å²) in [7, 11) is 0. The van der Waals surface area contributed by atoms with Crippen molar-refractivity contribution >= 4 is 11.3 Å². The SMILES string of the molecule is CCOc1ccccc1-c1ncc(CNC(C)CC)s1. The highest BCUT2D eigenvalue weighted by Crippen LogP contribution is 2.32. The highest BCUT2D eigenvalue weighted by Gasteiger charge is 2.10. The van der Waals surface area contributed by atoms with Crippen LogP contribution in [0.4, 0.5) is 0 Å². The van der Waals surface area contributed by atoms with E-state index in [0.717, 1.165) is 29.3 Å². The van der Waals surface area contributed by atoms with E-state index in [-0.39, 0.29) is 0 Å². The lowest BCUT2D eigenvalue weighted by atomic mass is 10.2. The maximum Gasteiger partial charge on any atom is 0.129 e. The van der Waals surface area contributed by atoms with Crippen molar-refractivity contribution in [1.82, 2.24) is 10.3 Å². The average molecular weight is 290 g/mol. The van der Waals surface area contributed by atoms with Gasteiger partial charge in [0.2, 0.25) is 0 Å². The van der Waals surface area contributed by atoms with Crippen LogP contribution in [0, 0.1) is 0 Å². The Morgan fingerprint density at radius 3 is 2.85 bits per heavy atom. The second kappa shape index (κ2) is 7.41. The number of para-hydroxylation sites is 1. The minimum Gasteiger partial charge on any atom is -0.493 e. The summed E-state index contributed by atoms with van der Waals surface area (Å²) in [5.74, 6) is 0.908. The van der Waals surface area contributed by atoms with Gasteiger partial charge in [0.1, 0.15) is 10.8 Å². The fraction of sp³-hybridized carbons (Fsp3) is 0.438. The third kappa shape index (κ3) is 3.81. The highest BCUT2D eigenvalue weighted by molar-refractivity contribution is 7.15. The third-order valence-electron chi connectivity index (χ3n) is 3.21. The second-order valence-electron chi connectivity index (χ2n) is 4.75. The molecule has 0 aliphatic rings. The van der Waals surface area contributed by atoms with Gasteiger partial charge in [0, 0.05) is 23.7 Å². The van der Waals surface area contributed by atoms with Crippen molar-refractivity contribution in [1.29, 1.82) is 0 Å². The Labute approximate surface area is 125 Å². The van der Waals surface area contributed by atoms with Gasteiger partial charge in [-0.15, -0.1) is 11.3 Å². The molecule has 0 bridgehead atoms. The predicted molar refractivity (Wildman–Crippen MR) is 85.3 cm³/mol. The lowest BCUT2D eigenvalue weighted by molar-refractivity contribution is 0.341. The van der Waals surface area contributed by atoms with Crippen LogP contribution in [0.3, 0.4) is 0 Å². The molecule has 108 valence electrons. The van der Waals surface area contributed by atoms with E-state index >= 15 is 0 Å². The zero-order valence-corrected chi connectivity index (χ0v) is 13.2. The molecule has 1 atom stereocenters. The molecule has 0 aliphatic heterocycles. The van der Waals surface area contributed by atoms with Crippen LogP contribution in [0.5, 0.6) is 5.75 Å². The molecule has 0 fully saturated rings. The fourth-order valence-electron chi connectivity index (χ4n) is 1.86. The van der Waals surface area contributed by atoms with E-state index in [1.54, 1.807) is 11.3 Å². The molecular weight excluding hydrogens is 268 g/mol. The van der Waals surface area contributed by atoms with Gasteiger partial charge in [0.15, 0.2) is 0 Å². The van der Waals surface area contributed by atoms with Crippen LogP contribution in [-0.4, -0.2) is 17.6 Å². The highest BCUT2D eigenvalue weighted by atomic mass is 32.1. The molecule has 4 heteroatoms. The van der Waals surface area contributed by atoms with Crippen LogP contribution < -0.4 is 10.1 Å². The van der Waals surface area contributed by atoms with Gasteiger partial charge >= 0.3 is 0 Å². The zero-order valence-electron chi connectivity index (χ0n) is 12.3. The molecule has 0 spiro atoms. The van der Waals surface area contributed by atoms with Gasteiger partial charge in [0.25, 0.3) is 0 Å². The van der Waals surface area contributed by atoms with Gasteiger partial charge in [-0.1, -0.05) is 19.1 Å². The Kier molecular flexibility index (Phi) is 5.56. The number of aromatic nitrogens is 1. The molecule has 1 heterocycles. The maximum atomic E-state index is 5.67. The second-order valence-corrected chi connectivity index (χ2v) is 5.87.